The molecular weight excluding hydrogens is 250 g/mol. The van der Waals surface area contributed by atoms with E-state index < -0.39 is 0 Å². The smallest absolute Gasteiger partial charge is 0.200 e. The van der Waals surface area contributed by atoms with Crippen molar-refractivity contribution in [1.29, 1.82) is 0 Å². The van der Waals surface area contributed by atoms with Crippen LogP contribution >= 0.6 is 0 Å². The molecule has 0 amide bonds. The number of quaternary nitrogens is 1. The molecule has 2 aliphatic rings. The lowest BCUT2D eigenvalue weighted by molar-refractivity contribution is 0.0262. The van der Waals surface area contributed by atoms with Crippen LogP contribution in [0.25, 0.3) is 0 Å². The first kappa shape index (κ1) is 13.5. The number of rotatable bonds is 4. The lowest BCUT2D eigenvalue weighted by Gasteiger charge is -2.39. The van der Waals surface area contributed by atoms with Crippen LogP contribution in [-0.4, -0.2) is 30.1 Å². The fourth-order valence-electron chi connectivity index (χ4n) is 3.39. The number of hydrogen-bond donors (Lipinski definition) is 0. The van der Waals surface area contributed by atoms with Crippen LogP contribution in [0, 0.1) is 0 Å². The van der Waals surface area contributed by atoms with Gasteiger partial charge in [-0.05, 0) is 19.8 Å². The van der Waals surface area contributed by atoms with Crippen LogP contribution in [0.4, 0.5) is 5.69 Å². The number of hydrogen-bond acceptors (Lipinski definition) is 3. The minimum atomic E-state index is 0.442. The molecular formula is C16H22N3O+. The number of pyridine rings is 1. The van der Waals surface area contributed by atoms with E-state index in [1.807, 2.05) is 18.6 Å². The Morgan fingerprint density at radius 3 is 2.55 bits per heavy atom. The molecule has 106 valence electrons. The molecule has 0 aromatic carbocycles. The Balaban J connectivity index is 1.80. The van der Waals surface area contributed by atoms with Gasteiger partial charge in [0.1, 0.15) is 17.9 Å². The van der Waals surface area contributed by atoms with Crippen molar-refractivity contribution < 1.29 is 4.74 Å². The summed E-state index contributed by atoms with van der Waals surface area (Å²) in [6.07, 6.45) is 15.0. The highest BCUT2D eigenvalue weighted by Gasteiger charge is 2.40. The van der Waals surface area contributed by atoms with E-state index in [9.17, 15) is 0 Å². The van der Waals surface area contributed by atoms with Crippen LogP contribution in [0.3, 0.4) is 0 Å². The van der Waals surface area contributed by atoms with Crippen molar-refractivity contribution in [2.45, 2.75) is 44.8 Å². The van der Waals surface area contributed by atoms with Gasteiger partial charge in [0.25, 0.3) is 0 Å². The van der Waals surface area contributed by atoms with Gasteiger partial charge in [-0.15, -0.1) is 0 Å². The summed E-state index contributed by atoms with van der Waals surface area (Å²) in [5.41, 5.74) is 1.25. The highest BCUT2D eigenvalue weighted by Crippen LogP contribution is 2.35. The number of aromatic nitrogens is 1. The Kier molecular flexibility index (Phi) is 3.94. The van der Waals surface area contributed by atoms with Gasteiger partial charge in [-0.25, -0.2) is 9.48 Å². The number of nitrogens with zero attached hydrogens (tertiary/aromatic N) is 3. The summed E-state index contributed by atoms with van der Waals surface area (Å²) in [6.45, 7) is 2.90. The molecule has 1 atom stereocenters. The molecule has 2 heterocycles. The normalized spacial score (nSPS) is 32.6. The largest absolute Gasteiger partial charge is 0.379 e. The van der Waals surface area contributed by atoms with Crippen LogP contribution in [-0.2, 0) is 4.74 Å². The summed E-state index contributed by atoms with van der Waals surface area (Å²) in [5.74, 6) is 0. The Hall–Kier alpha value is -1.52. The molecule has 1 aromatic rings. The van der Waals surface area contributed by atoms with Gasteiger partial charge >= 0.3 is 0 Å². The summed E-state index contributed by atoms with van der Waals surface area (Å²) < 4.78 is 6.50. The Bertz CT molecular complexity index is 478. The van der Waals surface area contributed by atoms with Crippen molar-refractivity contribution in [2.24, 2.45) is 4.99 Å². The molecule has 20 heavy (non-hydrogen) atoms. The molecule has 1 aliphatic heterocycles. The van der Waals surface area contributed by atoms with Crippen molar-refractivity contribution in [3.05, 3.63) is 36.9 Å². The van der Waals surface area contributed by atoms with Crippen LogP contribution in [0.1, 0.15) is 32.6 Å². The molecule has 3 rings (SSSR count). The van der Waals surface area contributed by atoms with Gasteiger partial charge < -0.3 is 4.74 Å². The molecule has 0 bridgehead atoms. The standard InChI is InChI=1S/C16H22N3O/c1-2-20-16-5-3-14(4-6-16)19(12-11-18-13-19)15-7-9-17-10-8-15/h7-14,16H,2-6H2,1H3/q+1. The van der Waals surface area contributed by atoms with E-state index >= 15 is 0 Å². The van der Waals surface area contributed by atoms with E-state index in [2.05, 4.69) is 41.6 Å². The van der Waals surface area contributed by atoms with E-state index in [-0.39, 0.29) is 0 Å². The third-order valence-electron chi connectivity index (χ3n) is 4.42. The average Bonchev–Trinajstić information content (AvgIpc) is 3.00. The Morgan fingerprint density at radius 2 is 1.95 bits per heavy atom. The van der Waals surface area contributed by atoms with Gasteiger partial charge in [0.05, 0.1) is 12.3 Å². The molecule has 1 unspecified atom stereocenters. The maximum atomic E-state index is 5.76. The zero-order chi connectivity index (χ0) is 13.8. The van der Waals surface area contributed by atoms with Crippen LogP contribution < -0.4 is 4.48 Å². The topological polar surface area (TPSA) is 34.5 Å². The lowest BCUT2D eigenvalue weighted by atomic mass is 9.90. The average molecular weight is 272 g/mol. The zero-order valence-corrected chi connectivity index (χ0v) is 12.0. The predicted molar refractivity (Wildman–Crippen MR) is 81.3 cm³/mol. The SMILES string of the molecule is CCOC1CCC([N+]2(c3ccncc3)C=CN=C2)CC1. The van der Waals surface area contributed by atoms with Gasteiger partial charge in [-0.2, -0.15) is 0 Å². The molecule has 1 fully saturated rings. The van der Waals surface area contributed by atoms with Gasteiger partial charge in [0, 0.05) is 44.0 Å². The highest BCUT2D eigenvalue weighted by atomic mass is 16.5. The molecule has 4 nitrogen and oxygen atoms in total. The van der Waals surface area contributed by atoms with Crippen molar-refractivity contribution in [1.82, 2.24) is 9.47 Å². The summed E-state index contributed by atoms with van der Waals surface area (Å²) in [7, 11) is 0. The highest BCUT2D eigenvalue weighted by molar-refractivity contribution is 5.79. The van der Waals surface area contributed by atoms with Gasteiger partial charge in [-0.3, -0.25) is 4.98 Å². The monoisotopic (exact) mass is 272 g/mol. The molecule has 0 spiro atoms. The number of ether oxygens (including phenoxy) is 1. The minimum Gasteiger partial charge on any atom is -0.379 e. The van der Waals surface area contributed by atoms with E-state index in [1.165, 1.54) is 18.5 Å². The minimum absolute atomic E-state index is 0.442. The first-order chi connectivity index (χ1) is 9.85. The van der Waals surface area contributed by atoms with Crippen molar-refractivity contribution in [3.63, 3.8) is 0 Å². The molecule has 1 saturated carbocycles. The van der Waals surface area contributed by atoms with Gasteiger partial charge in [0.15, 0.2) is 6.34 Å². The van der Waals surface area contributed by atoms with E-state index in [0.29, 0.717) is 12.1 Å². The van der Waals surface area contributed by atoms with Gasteiger partial charge in [0.2, 0.25) is 0 Å². The van der Waals surface area contributed by atoms with E-state index in [1.54, 1.807) is 0 Å². The summed E-state index contributed by atoms with van der Waals surface area (Å²) >= 11 is 0. The molecule has 0 radical (unpaired) electrons. The maximum absolute atomic E-state index is 5.76. The molecule has 0 saturated heterocycles. The second-order valence-corrected chi connectivity index (χ2v) is 5.49. The lowest BCUT2D eigenvalue weighted by Crippen LogP contribution is -2.52. The van der Waals surface area contributed by atoms with E-state index in [0.717, 1.165) is 23.9 Å². The molecule has 0 N–H and O–H groups in total. The summed E-state index contributed by atoms with van der Waals surface area (Å²) in [5, 5.41) is 0. The van der Waals surface area contributed by atoms with Crippen molar-refractivity contribution in [3.8, 4) is 0 Å². The first-order valence-corrected chi connectivity index (χ1v) is 7.47. The third-order valence-corrected chi connectivity index (χ3v) is 4.42. The third kappa shape index (κ3) is 2.41. The second-order valence-electron chi connectivity index (χ2n) is 5.49. The number of aliphatic imine (C=N–C) groups is 1. The Morgan fingerprint density at radius 1 is 1.20 bits per heavy atom. The molecule has 4 heteroatoms. The summed E-state index contributed by atoms with van der Waals surface area (Å²) in [6, 6.07) is 4.74. The van der Waals surface area contributed by atoms with E-state index in [4.69, 9.17) is 4.74 Å². The van der Waals surface area contributed by atoms with Crippen LogP contribution in [0.2, 0.25) is 0 Å². The fraction of sp³-hybridized carbons (Fsp3) is 0.500. The van der Waals surface area contributed by atoms with Crippen molar-refractivity contribution >= 4 is 12.0 Å². The maximum Gasteiger partial charge on any atom is 0.200 e. The fourth-order valence-corrected chi connectivity index (χ4v) is 3.39. The van der Waals surface area contributed by atoms with Crippen LogP contribution in [0.5, 0.6) is 0 Å². The van der Waals surface area contributed by atoms with Gasteiger partial charge in [-0.1, -0.05) is 0 Å². The first-order valence-electron chi connectivity index (χ1n) is 7.47. The molecule has 1 aromatic heterocycles. The van der Waals surface area contributed by atoms with Crippen molar-refractivity contribution in [2.75, 3.05) is 6.61 Å². The zero-order valence-electron chi connectivity index (χ0n) is 12.0. The quantitative estimate of drug-likeness (QED) is 0.789. The second kappa shape index (κ2) is 5.85. The summed E-state index contributed by atoms with van der Waals surface area (Å²) in [4.78, 5) is 8.49. The predicted octanol–water partition coefficient (Wildman–Crippen LogP) is 3.25. The Labute approximate surface area is 120 Å². The van der Waals surface area contributed by atoms with Crippen LogP contribution in [0.15, 0.2) is 41.9 Å². The molecule has 1 aliphatic carbocycles.